The number of carbonyl (C=O) groups is 3. The van der Waals surface area contributed by atoms with Gasteiger partial charge in [-0.3, -0.25) is 19.3 Å². The lowest BCUT2D eigenvalue weighted by Crippen LogP contribution is -2.69. The molecular weight excluding hydrogens is 370 g/mol. The van der Waals surface area contributed by atoms with Gasteiger partial charge in [-0.15, -0.1) is 0 Å². The monoisotopic (exact) mass is 393 g/mol. The fourth-order valence-electron chi connectivity index (χ4n) is 4.22. The van der Waals surface area contributed by atoms with E-state index in [0.717, 1.165) is 0 Å². The van der Waals surface area contributed by atoms with Crippen LogP contribution >= 0.6 is 0 Å². The van der Waals surface area contributed by atoms with Crippen LogP contribution in [0.15, 0.2) is 48.5 Å². The highest BCUT2D eigenvalue weighted by Crippen LogP contribution is 2.45. The van der Waals surface area contributed by atoms with Crippen molar-refractivity contribution in [2.45, 2.75) is 31.8 Å². The van der Waals surface area contributed by atoms with Gasteiger partial charge in [-0.1, -0.05) is 19.1 Å². The molecule has 1 saturated heterocycles. The van der Waals surface area contributed by atoms with Gasteiger partial charge in [-0.2, -0.15) is 0 Å². The van der Waals surface area contributed by atoms with E-state index in [0.29, 0.717) is 35.7 Å². The van der Waals surface area contributed by atoms with Crippen LogP contribution in [0.2, 0.25) is 0 Å². The second kappa shape index (κ2) is 7.24. The Morgan fingerprint density at radius 1 is 1.14 bits per heavy atom. The number of nitrogens with one attached hydrogen (secondary N) is 1. The van der Waals surface area contributed by atoms with Crippen LogP contribution < -0.4 is 15.0 Å². The van der Waals surface area contributed by atoms with Gasteiger partial charge in [-0.05, 0) is 42.8 Å². The molecule has 2 aromatic rings. The lowest BCUT2D eigenvalue weighted by molar-refractivity contribution is -0.128. The van der Waals surface area contributed by atoms with Crippen LogP contribution in [-0.4, -0.2) is 41.9 Å². The smallest absolute Gasteiger partial charge is 0.271 e. The largest absolute Gasteiger partial charge is 0.497 e. The van der Waals surface area contributed by atoms with E-state index in [1.807, 2.05) is 6.92 Å². The average Bonchev–Trinajstić information content (AvgIpc) is 3.10. The third-order valence-corrected chi connectivity index (χ3v) is 5.53. The minimum atomic E-state index is -1.36. The predicted octanol–water partition coefficient (Wildman–Crippen LogP) is 3.02. The Labute approximate surface area is 169 Å². The van der Waals surface area contributed by atoms with E-state index < -0.39 is 5.66 Å². The number of hydrogen-bond donors (Lipinski definition) is 1. The summed E-state index contributed by atoms with van der Waals surface area (Å²) in [6.07, 6.45) is 1.14. The fourth-order valence-corrected chi connectivity index (χ4v) is 4.22. The minimum absolute atomic E-state index is 0.157. The van der Waals surface area contributed by atoms with Crippen molar-refractivity contribution in [3.8, 4) is 5.75 Å². The fraction of sp³-hybridized carbons (Fsp3) is 0.318. The first-order valence-corrected chi connectivity index (χ1v) is 9.72. The maximum absolute atomic E-state index is 13.6. The number of benzene rings is 2. The molecule has 4 rings (SSSR count). The molecule has 1 atom stereocenters. The molecule has 0 aromatic heterocycles. The normalized spacial score (nSPS) is 20.3. The molecule has 2 aliphatic heterocycles. The lowest BCUT2D eigenvalue weighted by atomic mass is 9.95. The number of nitrogens with zero attached hydrogens (tertiary/aromatic N) is 2. The van der Waals surface area contributed by atoms with Gasteiger partial charge < -0.3 is 15.0 Å². The van der Waals surface area contributed by atoms with Gasteiger partial charge in [0.15, 0.2) is 0 Å². The quantitative estimate of drug-likeness (QED) is 0.847. The highest BCUT2D eigenvalue weighted by Gasteiger charge is 2.60. The number of para-hydroxylation sites is 1. The number of ether oxygens (including phenoxy) is 1. The van der Waals surface area contributed by atoms with E-state index >= 15 is 0 Å². The van der Waals surface area contributed by atoms with E-state index in [2.05, 4.69) is 5.32 Å². The molecule has 1 unspecified atom stereocenters. The summed E-state index contributed by atoms with van der Waals surface area (Å²) >= 11 is 0. The van der Waals surface area contributed by atoms with Crippen LogP contribution in [0.5, 0.6) is 5.75 Å². The summed E-state index contributed by atoms with van der Waals surface area (Å²) in [5.41, 5.74) is 0.159. The molecule has 3 amide bonds. The summed E-state index contributed by atoms with van der Waals surface area (Å²) < 4.78 is 5.16. The van der Waals surface area contributed by atoms with E-state index in [-0.39, 0.29) is 30.6 Å². The molecule has 2 aliphatic rings. The van der Waals surface area contributed by atoms with Crippen molar-refractivity contribution >= 4 is 29.1 Å². The summed E-state index contributed by atoms with van der Waals surface area (Å²) in [5, 5.41) is 2.90. The van der Waals surface area contributed by atoms with E-state index in [1.165, 1.54) is 4.90 Å². The Kier molecular flexibility index (Phi) is 4.74. The predicted molar refractivity (Wildman–Crippen MR) is 109 cm³/mol. The minimum Gasteiger partial charge on any atom is -0.497 e. The van der Waals surface area contributed by atoms with Gasteiger partial charge >= 0.3 is 0 Å². The molecule has 7 nitrogen and oxygen atoms in total. The maximum atomic E-state index is 13.6. The second-order valence-electron chi connectivity index (χ2n) is 7.20. The molecule has 0 aliphatic carbocycles. The van der Waals surface area contributed by atoms with Crippen LogP contribution in [0.1, 0.15) is 36.5 Å². The summed E-state index contributed by atoms with van der Waals surface area (Å²) in [4.78, 5) is 42.8. The van der Waals surface area contributed by atoms with Crippen molar-refractivity contribution in [3.05, 3.63) is 54.1 Å². The highest BCUT2D eigenvalue weighted by molar-refractivity contribution is 6.18. The van der Waals surface area contributed by atoms with Gasteiger partial charge in [0, 0.05) is 25.1 Å². The zero-order chi connectivity index (χ0) is 20.6. The molecule has 2 heterocycles. The molecule has 0 saturated carbocycles. The zero-order valence-corrected chi connectivity index (χ0v) is 16.5. The number of carbonyl (C=O) groups excluding carboxylic acids is 3. The standard InChI is InChI=1S/C22H23N3O4/c1-3-14-24-20(27)17-6-4-5-7-18(17)25-19(26)12-13-22(24,25)21(28)23-15-8-10-16(29-2)11-9-15/h4-11H,3,12-14H2,1-2H3,(H,23,28). The number of rotatable bonds is 5. The SMILES string of the molecule is CCCN1C(=O)c2ccccc2N2C(=O)CCC12C(=O)Nc1ccc(OC)cc1. The van der Waals surface area contributed by atoms with Crippen molar-refractivity contribution in [2.75, 3.05) is 23.9 Å². The first-order valence-electron chi connectivity index (χ1n) is 9.72. The Hall–Kier alpha value is -3.35. The number of fused-ring (bicyclic) bond motifs is 3. The van der Waals surface area contributed by atoms with Crippen molar-refractivity contribution in [1.29, 1.82) is 0 Å². The molecule has 1 fully saturated rings. The summed E-state index contributed by atoms with van der Waals surface area (Å²) in [7, 11) is 1.57. The first-order chi connectivity index (χ1) is 14.0. The van der Waals surface area contributed by atoms with Gasteiger partial charge in [0.2, 0.25) is 11.6 Å². The second-order valence-corrected chi connectivity index (χ2v) is 7.20. The summed E-state index contributed by atoms with van der Waals surface area (Å²) in [6.45, 7) is 2.33. The van der Waals surface area contributed by atoms with Crippen LogP contribution in [-0.2, 0) is 9.59 Å². The van der Waals surface area contributed by atoms with E-state index in [9.17, 15) is 14.4 Å². The van der Waals surface area contributed by atoms with Gasteiger partial charge in [-0.25, -0.2) is 0 Å². The third kappa shape index (κ3) is 2.85. The van der Waals surface area contributed by atoms with E-state index in [1.54, 1.807) is 60.5 Å². The molecule has 2 aromatic carbocycles. The number of amides is 3. The Morgan fingerprint density at radius 2 is 1.86 bits per heavy atom. The average molecular weight is 393 g/mol. The molecule has 29 heavy (non-hydrogen) atoms. The zero-order valence-electron chi connectivity index (χ0n) is 16.5. The number of methoxy groups -OCH3 is 1. The first kappa shape index (κ1) is 19.0. The summed E-state index contributed by atoms with van der Waals surface area (Å²) in [5.74, 6) is -0.0905. The third-order valence-electron chi connectivity index (χ3n) is 5.53. The Bertz CT molecular complexity index is 972. The number of hydrogen-bond acceptors (Lipinski definition) is 4. The highest BCUT2D eigenvalue weighted by atomic mass is 16.5. The van der Waals surface area contributed by atoms with Crippen LogP contribution in [0.4, 0.5) is 11.4 Å². The summed E-state index contributed by atoms with van der Waals surface area (Å²) in [6, 6.07) is 13.9. The van der Waals surface area contributed by atoms with Crippen LogP contribution in [0.3, 0.4) is 0 Å². The molecule has 0 radical (unpaired) electrons. The molecule has 7 heteroatoms. The van der Waals surface area contributed by atoms with Crippen molar-refractivity contribution < 1.29 is 19.1 Å². The lowest BCUT2D eigenvalue weighted by Gasteiger charge is -2.49. The van der Waals surface area contributed by atoms with Gasteiger partial charge in [0.25, 0.3) is 11.8 Å². The molecular formula is C22H23N3O4. The number of anilines is 2. The van der Waals surface area contributed by atoms with Crippen LogP contribution in [0, 0.1) is 0 Å². The molecule has 0 spiro atoms. The molecule has 1 N–H and O–H groups in total. The topological polar surface area (TPSA) is 79.0 Å². The van der Waals surface area contributed by atoms with Crippen molar-refractivity contribution in [3.63, 3.8) is 0 Å². The van der Waals surface area contributed by atoms with Crippen molar-refractivity contribution in [2.24, 2.45) is 0 Å². The van der Waals surface area contributed by atoms with Crippen molar-refractivity contribution in [1.82, 2.24) is 4.90 Å². The molecule has 150 valence electrons. The van der Waals surface area contributed by atoms with Crippen LogP contribution in [0.25, 0.3) is 0 Å². The van der Waals surface area contributed by atoms with E-state index in [4.69, 9.17) is 4.74 Å². The van der Waals surface area contributed by atoms with Gasteiger partial charge in [0.05, 0.1) is 18.4 Å². The Morgan fingerprint density at radius 3 is 2.55 bits per heavy atom. The Balaban J connectivity index is 1.79. The maximum Gasteiger partial charge on any atom is 0.271 e. The van der Waals surface area contributed by atoms with Gasteiger partial charge in [0.1, 0.15) is 5.75 Å². The molecule has 0 bridgehead atoms.